The van der Waals surface area contributed by atoms with E-state index < -0.39 is 12.0 Å². The molecule has 0 radical (unpaired) electrons. The summed E-state index contributed by atoms with van der Waals surface area (Å²) in [6.45, 7) is 2.48. The summed E-state index contributed by atoms with van der Waals surface area (Å²) in [6.07, 6.45) is 3.25. The second kappa shape index (κ2) is 4.04. The van der Waals surface area contributed by atoms with Crippen LogP contribution < -0.4 is 5.32 Å². The Kier molecular flexibility index (Phi) is 3.02. The third-order valence-corrected chi connectivity index (χ3v) is 1.71. The van der Waals surface area contributed by atoms with E-state index in [1.165, 1.54) is 0 Å². The van der Waals surface area contributed by atoms with Crippen LogP contribution in [0.2, 0.25) is 0 Å². The van der Waals surface area contributed by atoms with E-state index in [0.29, 0.717) is 12.1 Å². The minimum absolute atomic E-state index is 0.617. The molecule has 0 unspecified atom stereocenters. The number of aromatic nitrogens is 2. The maximum Gasteiger partial charge on any atom is 0.325 e. The fraction of sp³-hybridized carbons (Fsp3) is 0.500. The molecule has 1 heterocycles. The molecule has 0 aliphatic rings. The minimum atomic E-state index is -0.880. The molecule has 2 N–H and O–H groups in total. The van der Waals surface area contributed by atoms with Crippen LogP contribution in [0, 0.1) is 0 Å². The van der Waals surface area contributed by atoms with Crippen molar-refractivity contribution < 1.29 is 9.90 Å². The molecule has 1 aromatic heterocycles. The highest BCUT2D eigenvalue weighted by Gasteiger charge is 2.19. The van der Waals surface area contributed by atoms with Crippen LogP contribution in [0.3, 0.4) is 0 Å². The lowest BCUT2D eigenvalue weighted by Crippen LogP contribution is -2.27. The summed E-state index contributed by atoms with van der Waals surface area (Å²) in [7, 11) is 1.76. The number of aryl methyl sites for hydroxylation is 1. The lowest BCUT2D eigenvalue weighted by molar-refractivity contribution is -0.139. The van der Waals surface area contributed by atoms with Gasteiger partial charge in [-0.05, 0) is 6.54 Å². The molecule has 1 rings (SSSR count). The smallest absolute Gasteiger partial charge is 0.325 e. The highest BCUT2D eigenvalue weighted by Crippen LogP contribution is 2.10. The molecule has 0 aliphatic heterocycles. The minimum Gasteiger partial charge on any atom is -0.480 e. The molecule has 5 heteroatoms. The van der Waals surface area contributed by atoms with Crippen molar-refractivity contribution in [2.45, 2.75) is 13.0 Å². The van der Waals surface area contributed by atoms with Gasteiger partial charge in [0.2, 0.25) is 0 Å². The van der Waals surface area contributed by atoms with Crippen LogP contribution in [-0.2, 0) is 11.8 Å². The van der Waals surface area contributed by atoms with E-state index in [9.17, 15) is 4.79 Å². The lowest BCUT2D eigenvalue weighted by Gasteiger charge is -2.09. The number of likely N-dealkylation sites (N-methyl/N-ethyl adjacent to an activating group) is 1. The van der Waals surface area contributed by atoms with Gasteiger partial charge in [0.05, 0.1) is 6.20 Å². The Morgan fingerprint density at radius 3 is 2.92 bits per heavy atom. The van der Waals surface area contributed by atoms with Gasteiger partial charge in [0.25, 0.3) is 0 Å². The molecular formula is C8H13N3O2. The Balaban J connectivity index is 2.81. The molecule has 0 saturated carbocycles. The largest absolute Gasteiger partial charge is 0.480 e. The van der Waals surface area contributed by atoms with Crippen molar-refractivity contribution in [2.24, 2.45) is 7.05 Å². The van der Waals surface area contributed by atoms with E-state index in [-0.39, 0.29) is 0 Å². The fourth-order valence-corrected chi connectivity index (χ4v) is 1.14. The molecule has 0 aromatic carbocycles. The SMILES string of the molecule is CCN[C@H](C(=O)O)c1cnn(C)c1. The number of hydrogen-bond donors (Lipinski definition) is 2. The van der Waals surface area contributed by atoms with E-state index in [1.54, 1.807) is 24.1 Å². The number of hydrogen-bond acceptors (Lipinski definition) is 3. The predicted molar refractivity (Wildman–Crippen MR) is 47.3 cm³/mol. The van der Waals surface area contributed by atoms with Gasteiger partial charge in [-0.1, -0.05) is 6.92 Å². The molecule has 1 atom stereocenters. The summed E-state index contributed by atoms with van der Waals surface area (Å²) in [5.41, 5.74) is 0.678. The van der Waals surface area contributed by atoms with Gasteiger partial charge >= 0.3 is 5.97 Å². The van der Waals surface area contributed by atoms with E-state index in [2.05, 4.69) is 10.4 Å². The molecule has 0 bridgehead atoms. The van der Waals surface area contributed by atoms with Crippen LogP contribution >= 0.6 is 0 Å². The van der Waals surface area contributed by atoms with E-state index >= 15 is 0 Å². The highest BCUT2D eigenvalue weighted by atomic mass is 16.4. The average Bonchev–Trinajstić information content (AvgIpc) is 2.46. The molecule has 0 amide bonds. The summed E-state index contributed by atoms with van der Waals surface area (Å²) in [4.78, 5) is 10.8. The normalized spacial score (nSPS) is 12.8. The van der Waals surface area contributed by atoms with Crippen molar-refractivity contribution in [1.29, 1.82) is 0 Å². The van der Waals surface area contributed by atoms with Crippen molar-refractivity contribution in [3.63, 3.8) is 0 Å². The first-order chi connectivity index (χ1) is 6.15. The first-order valence-electron chi connectivity index (χ1n) is 4.10. The van der Waals surface area contributed by atoms with Gasteiger partial charge in [-0.2, -0.15) is 5.10 Å². The molecule has 72 valence electrons. The number of carboxylic acids is 1. The maximum absolute atomic E-state index is 10.8. The van der Waals surface area contributed by atoms with Gasteiger partial charge in [-0.3, -0.25) is 9.48 Å². The van der Waals surface area contributed by atoms with Gasteiger partial charge in [0.1, 0.15) is 6.04 Å². The average molecular weight is 183 g/mol. The zero-order chi connectivity index (χ0) is 9.84. The van der Waals surface area contributed by atoms with Crippen LogP contribution in [0.1, 0.15) is 18.5 Å². The Morgan fingerprint density at radius 2 is 2.54 bits per heavy atom. The van der Waals surface area contributed by atoms with Crippen molar-refractivity contribution in [3.8, 4) is 0 Å². The number of nitrogens with one attached hydrogen (secondary N) is 1. The first kappa shape index (κ1) is 9.73. The van der Waals surface area contributed by atoms with E-state index in [0.717, 1.165) is 0 Å². The summed E-state index contributed by atoms with van der Waals surface area (Å²) < 4.78 is 1.59. The Bertz CT molecular complexity index is 295. The Labute approximate surface area is 76.4 Å². The molecule has 0 aliphatic carbocycles. The monoisotopic (exact) mass is 183 g/mol. The number of nitrogens with zero attached hydrogens (tertiary/aromatic N) is 2. The van der Waals surface area contributed by atoms with E-state index in [1.807, 2.05) is 6.92 Å². The lowest BCUT2D eigenvalue weighted by atomic mass is 10.1. The second-order valence-electron chi connectivity index (χ2n) is 2.78. The third kappa shape index (κ3) is 2.29. The van der Waals surface area contributed by atoms with Crippen LogP contribution in [0.25, 0.3) is 0 Å². The summed E-state index contributed by atoms with van der Waals surface area (Å²) in [5, 5.41) is 15.6. The van der Waals surface area contributed by atoms with Gasteiger partial charge in [0.15, 0.2) is 0 Å². The number of carbonyl (C=O) groups is 1. The van der Waals surface area contributed by atoms with Crippen LogP contribution in [0.5, 0.6) is 0 Å². The fourth-order valence-electron chi connectivity index (χ4n) is 1.14. The summed E-state index contributed by atoms with van der Waals surface area (Å²) in [5.74, 6) is -0.880. The predicted octanol–water partition coefficient (Wildman–Crippen LogP) is 0.155. The molecule has 0 spiro atoms. The van der Waals surface area contributed by atoms with Crippen molar-refractivity contribution in [3.05, 3.63) is 18.0 Å². The molecule has 1 aromatic rings. The number of rotatable bonds is 4. The van der Waals surface area contributed by atoms with Crippen molar-refractivity contribution in [1.82, 2.24) is 15.1 Å². The van der Waals surface area contributed by atoms with Gasteiger partial charge in [-0.15, -0.1) is 0 Å². The second-order valence-corrected chi connectivity index (χ2v) is 2.78. The summed E-state index contributed by atoms with van der Waals surface area (Å²) in [6, 6.07) is -0.654. The van der Waals surface area contributed by atoms with Crippen molar-refractivity contribution in [2.75, 3.05) is 6.54 Å². The third-order valence-electron chi connectivity index (χ3n) is 1.71. The van der Waals surface area contributed by atoms with E-state index in [4.69, 9.17) is 5.11 Å². The number of carboxylic acid groups (broad SMARTS) is 1. The Morgan fingerprint density at radius 1 is 1.85 bits per heavy atom. The maximum atomic E-state index is 10.8. The number of aliphatic carboxylic acids is 1. The summed E-state index contributed by atoms with van der Waals surface area (Å²) >= 11 is 0. The zero-order valence-electron chi connectivity index (χ0n) is 7.69. The van der Waals surface area contributed by atoms with Gasteiger partial charge in [-0.25, -0.2) is 0 Å². The van der Waals surface area contributed by atoms with Crippen molar-refractivity contribution >= 4 is 5.97 Å². The van der Waals surface area contributed by atoms with Gasteiger partial charge < -0.3 is 10.4 Å². The molecule has 5 nitrogen and oxygen atoms in total. The van der Waals surface area contributed by atoms with Crippen LogP contribution in [-0.4, -0.2) is 27.4 Å². The highest BCUT2D eigenvalue weighted by molar-refractivity contribution is 5.75. The molecule has 13 heavy (non-hydrogen) atoms. The van der Waals surface area contributed by atoms with Gasteiger partial charge in [0, 0.05) is 18.8 Å². The van der Waals surface area contributed by atoms with Crippen LogP contribution in [0.4, 0.5) is 0 Å². The molecule has 0 fully saturated rings. The topological polar surface area (TPSA) is 67.2 Å². The zero-order valence-corrected chi connectivity index (χ0v) is 7.69. The molecule has 0 saturated heterocycles. The first-order valence-corrected chi connectivity index (χ1v) is 4.10. The quantitative estimate of drug-likeness (QED) is 0.697. The Hall–Kier alpha value is -1.36. The standard InChI is InChI=1S/C8H13N3O2/c1-3-9-7(8(12)13)6-4-10-11(2)5-6/h4-5,7,9H,3H2,1-2H3,(H,12,13)/t7-/m0/s1. The molecular weight excluding hydrogens is 170 g/mol. The van der Waals surface area contributed by atoms with Crippen LogP contribution in [0.15, 0.2) is 12.4 Å².